The van der Waals surface area contributed by atoms with Gasteiger partial charge >= 0.3 is 0 Å². The molecule has 1 aromatic carbocycles. The highest BCUT2D eigenvalue weighted by Crippen LogP contribution is 2.58. The third-order valence-electron chi connectivity index (χ3n) is 6.19. The van der Waals surface area contributed by atoms with Gasteiger partial charge in [0, 0.05) is 23.5 Å². The standard InChI is InChI=1S/C20H24O5/c1-10-8-11-6-7-20(24)17(15(11)13(21)9-10)18(22)12-4-3-5-14(25-2)16(12)19(20)23/h3-5,10,17-19,22-24H,6-9H2,1-2H3/t10-,17-,18+,19+,20-/m1/s1. The van der Waals surface area contributed by atoms with Gasteiger partial charge in [-0.25, -0.2) is 0 Å². The molecule has 5 nitrogen and oxygen atoms in total. The van der Waals surface area contributed by atoms with E-state index in [-0.39, 0.29) is 11.7 Å². The Bertz CT molecular complexity index is 767. The first-order valence-corrected chi connectivity index (χ1v) is 8.89. The maximum Gasteiger partial charge on any atom is 0.159 e. The van der Waals surface area contributed by atoms with Gasteiger partial charge in [0.25, 0.3) is 0 Å². The number of carbonyl (C=O) groups excluding carboxylic acids is 1. The Morgan fingerprint density at radius 1 is 1.24 bits per heavy atom. The number of aliphatic hydroxyl groups is 3. The molecule has 0 aliphatic heterocycles. The first-order chi connectivity index (χ1) is 11.9. The summed E-state index contributed by atoms with van der Waals surface area (Å²) in [7, 11) is 1.50. The number of methoxy groups -OCH3 is 1. The molecule has 0 bridgehead atoms. The summed E-state index contributed by atoms with van der Waals surface area (Å²) in [5.41, 5.74) is 0.984. The van der Waals surface area contributed by atoms with Gasteiger partial charge < -0.3 is 20.1 Å². The van der Waals surface area contributed by atoms with Crippen LogP contribution in [0.15, 0.2) is 29.3 Å². The molecule has 3 aliphatic carbocycles. The van der Waals surface area contributed by atoms with Crippen LogP contribution < -0.4 is 4.74 Å². The number of Topliss-reactive ketones (excluding diaryl/α,β-unsaturated/α-hetero) is 1. The number of benzene rings is 1. The molecule has 4 rings (SSSR count). The number of fused-ring (bicyclic) bond motifs is 3. The highest BCUT2D eigenvalue weighted by atomic mass is 16.5. The van der Waals surface area contributed by atoms with Crippen molar-refractivity contribution in [2.45, 2.75) is 50.4 Å². The fourth-order valence-corrected chi connectivity index (χ4v) is 5.07. The monoisotopic (exact) mass is 344 g/mol. The van der Waals surface area contributed by atoms with E-state index in [1.54, 1.807) is 18.2 Å². The highest BCUT2D eigenvalue weighted by molar-refractivity contribution is 5.98. The molecule has 0 heterocycles. The van der Waals surface area contributed by atoms with Crippen molar-refractivity contribution < 1.29 is 24.9 Å². The lowest BCUT2D eigenvalue weighted by atomic mass is 9.58. The summed E-state index contributed by atoms with van der Waals surface area (Å²) in [5, 5.41) is 33.4. The summed E-state index contributed by atoms with van der Waals surface area (Å²) in [5.74, 6) is -0.0601. The van der Waals surface area contributed by atoms with E-state index >= 15 is 0 Å². The van der Waals surface area contributed by atoms with Crippen LogP contribution in [0, 0.1) is 11.8 Å². The van der Waals surface area contributed by atoms with E-state index < -0.39 is 23.7 Å². The van der Waals surface area contributed by atoms with Crippen LogP contribution >= 0.6 is 0 Å². The SMILES string of the molecule is COc1cccc2c1[C@H](O)[C@@]1(O)CCC3=C(C(=O)C[C@H](C)C3)[C@@H]1[C@H]2O. The molecule has 0 radical (unpaired) electrons. The first kappa shape index (κ1) is 16.8. The molecule has 0 saturated carbocycles. The van der Waals surface area contributed by atoms with Crippen molar-refractivity contribution in [2.24, 2.45) is 11.8 Å². The van der Waals surface area contributed by atoms with E-state index in [1.807, 2.05) is 0 Å². The minimum Gasteiger partial charge on any atom is -0.496 e. The Kier molecular flexibility index (Phi) is 3.79. The average molecular weight is 344 g/mol. The van der Waals surface area contributed by atoms with E-state index in [4.69, 9.17) is 4.74 Å². The zero-order chi connectivity index (χ0) is 17.9. The van der Waals surface area contributed by atoms with Crippen LogP contribution in [0.4, 0.5) is 0 Å². The fourth-order valence-electron chi connectivity index (χ4n) is 5.07. The van der Waals surface area contributed by atoms with E-state index in [1.165, 1.54) is 7.11 Å². The summed E-state index contributed by atoms with van der Waals surface area (Å²) in [6, 6.07) is 5.19. The van der Waals surface area contributed by atoms with Crippen molar-refractivity contribution in [3.05, 3.63) is 40.5 Å². The van der Waals surface area contributed by atoms with E-state index in [2.05, 4.69) is 6.92 Å². The van der Waals surface area contributed by atoms with Gasteiger partial charge in [0.2, 0.25) is 0 Å². The molecule has 134 valence electrons. The van der Waals surface area contributed by atoms with Gasteiger partial charge in [-0.15, -0.1) is 0 Å². The number of allylic oxidation sites excluding steroid dienone is 1. The quantitative estimate of drug-likeness (QED) is 0.727. The minimum atomic E-state index is -1.56. The molecule has 0 saturated heterocycles. The third kappa shape index (κ3) is 2.23. The number of hydrogen-bond acceptors (Lipinski definition) is 5. The summed E-state index contributed by atoms with van der Waals surface area (Å²) in [6.07, 6.45) is -0.0890. The summed E-state index contributed by atoms with van der Waals surface area (Å²) < 4.78 is 5.34. The van der Waals surface area contributed by atoms with Gasteiger partial charge in [0.1, 0.15) is 17.5 Å². The summed E-state index contributed by atoms with van der Waals surface area (Å²) in [4.78, 5) is 12.7. The van der Waals surface area contributed by atoms with E-state index in [9.17, 15) is 20.1 Å². The average Bonchev–Trinajstić information content (AvgIpc) is 2.59. The molecular weight excluding hydrogens is 320 g/mol. The molecule has 3 N–H and O–H groups in total. The largest absolute Gasteiger partial charge is 0.496 e. The van der Waals surface area contributed by atoms with Crippen LogP contribution in [0.1, 0.15) is 55.9 Å². The molecule has 25 heavy (non-hydrogen) atoms. The van der Waals surface area contributed by atoms with Gasteiger partial charge in [-0.1, -0.05) is 24.6 Å². The number of aliphatic hydroxyl groups excluding tert-OH is 2. The number of rotatable bonds is 1. The van der Waals surface area contributed by atoms with Crippen LogP contribution in [0.2, 0.25) is 0 Å². The Morgan fingerprint density at radius 2 is 2.00 bits per heavy atom. The van der Waals surface area contributed by atoms with Crippen molar-refractivity contribution in [1.82, 2.24) is 0 Å². The van der Waals surface area contributed by atoms with Gasteiger partial charge in [0.05, 0.1) is 13.2 Å². The number of ether oxygens (including phenoxy) is 1. The molecule has 0 spiro atoms. The smallest absolute Gasteiger partial charge is 0.159 e. The van der Waals surface area contributed by atoms with Crippen molar-refractivity contribution in [1.29, 1.82) is 0 Å². The van der Waals surface area contributed by atoms with E-state index in [0.717, 1.165) is 12.0 Å². The van der Waals surface area contributed by atoms with Crippen molar-refractivity contribution in [3.63, 3.8) is 0 Å². The third-order valence-corrected chi connectivity index (χ3v) is 6.19. The first-order valence-electron chi connectivity index (χ1n) is 8.89. The minimum absolute atomic E-state index is 0.00512. The molecule has 1 aromatic rings. The molecule has 5 heteroatoms. The zero-order valence-corrected chi connectivity index (χ0v) is 14.5. The van der Waals surface area contributed by atoms with Gasteiger partial charge in [0.15, 0.2) is 5.78 Å². The highest BCUT2D eigenvalue weighted by Gasteiger charge is 2.58. The lowest BCUT2D eigenvalue weighted by molar-refractivity contribution is -0.160. The molecule has 0 amide bonds. The Labute approximate surface area is 146 Å². The predicted molar refractivity (Wildman–Crippen MR) is 91.0 cm³/mol. The van der Waals surface area contributed by atoms with Gasteiger partial charge in [-0.2, -0.15) is 0 Å². The Hall–Kier alpha value is -1.69. The topological polar surface area (TPSA) is 87.0 Å². The van der Waals surface area contributed by atoms with E-state index in [0.29, 0.717) is 41.7 Å². The summed E-state index contributed by atoms with van der Waals surface area (Å²) in [6.45, 7) is 2.05. The van der Waals surface area contributed by atoms with Crippen LogP contribution in [0.5, 0.6) is 5.75 Å². The maximum absolute atomic E-state index is 12.7. The van der Waals surface area contributed by atoms with Crippen LogP contribution in [0.3, 0.4) is 0 Å². The summed E-state index contributed by atoms with van der Waals surface area (Å²) >= 11 is 0. The second kappa shape index (κ2) is 5.66. The number of carbonyl (C=O) groups is 1. The number of ketones is 1. The second-order valence-electron chi connectivity index (χ2n) is 7.73. The maximum atomic E-state index is 12.7. The van der Waals surface area contributed by atoms with Crippen LogP contribution in [0.25, 0.3) is 0 Å². The molecule has 0 aromatic heterocycles. The van der Waals surface area contributed by atoms with Crippen molar-refractivity contribution in [3.8, 4) is 5.75 Å². The predicted octanol–water partition coefficient (Wildman–Crippen LogP) is 2.21. The second-order valence-corrected chi connectivity index (χ2v) is 7.73. The van der Waals surface area contributed by atoms with Crippen molar-refractivity contribution >= 4 is 5.78 Å². The van der Waals surface area contributed by atoms with Crippen LogP contribution in [-0.4, -0.2) is 33.8 Å². The molecule has 5 atom stereocenters. The normalized spacial score (nSPS) is 37.2. The lowest BCUT2D eigenvalue weighted by Gasteiger charge is -2.51. The van der Waals surface area contributed by atoms with Crippen LogP contribution in [-0.2, 0) is 4.79 Å². The molecule has 0 unspecified atom stereocenters. The van der Waals surface area contributed by atoms with Crippen molar-refractivity contribution in [2.75, 3.05) is 7.11 Å². The fraction of sp³-hybridized carbons (Fsp3) is 0.550. The zero-order valence-electron chi connectivity index (χ0n) is 14.5. The van der Waals surface area contributed by atoms with Gasteiger partial charge in [-0.05, 0) is 36.8 Å². The Balaban J connectivity index is 1.91. The lowest BCUT2D eigenvalue weighted by Crippen LogP contribution is -2.54. The van der Waals surface area contributed by atoms with Gasteiger partial charge in [-0.3, -0.25) is 4.79 Å². The number of hydrogen-bond donors (Lipinski definition) is 3. The molecule has 3 aliphatic rings. The molecule has 0 fully saturated rings. The Morgan fingerprint density at radius 3 is 2.72 bits per heavy atom. The molecular formula is C20H24O5.